The molecule has 2 aliphatic carbocycles. The van der Waals surface area contributed by atoms with Crippen LogP contribution in [-0.2, 0) is 14.3 Å². The number of nitrogens with one attached hydrogen (secondary N) is 1. The Balaban J connectivity index is 1.72. The van der Waals surface area contributed by atoms with E-state index in [9.17, 15) is 9.59 Å². The van der Waals surface area contributed by atoms with Gasteiger partial charge in [-0.05, 0) is 38.0 Å². The SMILES string of the molecule is CCC1CCC(NC(=O)[C@H]2C[C@@H]2C(=O)OC)CC1. The zero-order valence-corrected chi connectivity index (χ0v) is 11.3. The van der Waals surface area contributed by atoms with E-state index >= 15 is 0 Å². The van der Waals surface area contributed by atoms with Gasteiger partial charge < -0.3 is 10.1 Å². The summed E-state index contributed by atoms with van der Waals surface area (Å²) in [4.78, 5) is 23.2. The maximum atomic E-state index is 11.9. The molecular formula is C14H23NO3. The van der Waals surface area contributed by atoms with Crippen LogP contribution in [-0.4, -0.2) is 25.0 Å². The molecule has 1 amide bonds. The largest absolute Gasteiger partial charge is 0.469 e. The van der Waals surface area contributed by atoms with Crippen molar-refractivity contribution in [3.63, 3.8) is 0 Å². The molecule has 2 aliphatic rings. The number of carbonyl (C=O) groups excluding carboxylic acids is 2. The molecule has 0 heterocycles. The van der Waals surface area contributed by atoms with E-state index in [0.717, 1.165) is 18.8 Å². The molecule has 4 nitrogen and oxygen atoms in total. The van der Waals surface area contributed by atoms with Crippen LogP contribution in [0, 0.1) is 17.8 Å². The number of hydrogen-bond acceptors (Lipinski definition) is 3. The maximum Gasteiger partial charge on any atom is 0.309 e. The summed E-state index contributed by atoms with van der Waals surface area (Å²) in [5.74, 6) is 0.306. The molecule has 2 rings (SSSR count). The van der Waals surface area contributed by atoms with Gasteiger partial charge in [0.2, 0.25) is 5.91 Å². The van der Waals surface area contributed by atoms with Crippen molar-refractivity contribution in [1.29, 1.82) is 0 Å². The minimum Gasteiger partial charge on any atom is -0.469 e. The van der Waals surface area contributed by atoms with Crippen LogP contribution >= 0.6 is 0 Å². The van der Waals surface area contributed by atoms with Gasteiger partial charge in [-0.3, -0.25) is 9.59 Å². The van der Waals surface area contributed by atoms with Crippen LogP contribution < -0.4 is 5.32 Å². The quantitative estimate of drug-likeness (QED) is 0.778. The summed E-state index contributed by atoms with van der Waals surface area (Å²) < 4.78 is 4.65. The van der Waals surface area contributed by atoms with Gasteiger partial charge in [-0.25, -0.2) is 0 Å². The van der Waals surface area contributed by atoms with Crippen LogP contribution in [0.15, 0.2) is 0 Å². The monoisotopic (exact) mass is 253 g/mol. The Bertz CT molecular complexity index is 321. The van der Waals surface area contributed by atoms with Gasteiger partial charge in [0.15, 0.2) is 0 Å². The fraction of sp³-hybridized carbons (Fsp3) is 0.857. The summed E-state index contributed by atoms with van der Waals surface area (Å²) in [6.45, 7) is 2.23. The molecule has 4 heteroatoms. The van der Waals surface area contributed by atoms with E-state index in [1.165, 1.54) is 26.4 Å². The third kappa shape index (κ3) is 3.03. The van der Waals surface area contributed by atoms with Gasteiger partial charge in [0.25, 0.3) is 0 Å². The van der Waals surface area contributed by atoms with Crippen LogP contribution in [0.5, 0.6) is 0 Å². The van der Waals surface area contributed by atoms with Crippen molar-refractivity contribution in [2.45, 2.75) is 51.5 Å². The Morgan fingerprint density at radius 3 is 2.39 bits per heavy atom. The lowest BCUT2D eigenvalue weighted by Gasteiger charge is -2.28. The molecule has 102 valence electrons. The third-order valence-electron chi connectivity index (χ3n) is 4.40. The molecule has 1 N–H and O–H groups in total. The standard InChI is InChI=1S/C14H23NO3/c1-3-9-4-6-10(7-5-9)15-13(16)11-8-12(11)14(17)18-2/h9-12H,3-8H2,1-2H3,(H,15,16)/t9?,10?,11-,12-/m0/s1. The van der Waals surface area contributed by atoms with Crippen molar-refractivity contribution in [3.8, 4) is 0 Å². The van der Waals surface area contributed by atoms with Crippen LogP contribution in [0.1, 0.15) is 45.4 Å². The normalized spacial score (nSPS) is 34.8. The molecule has 0 radical (unpaired) electrons. The number of amides is 1. The second kappa shape index (κ2) is 5.72. The molecule has 18 heavy (non-hydrogen) atoms. The number of hydrogen-bond donors (Lipinski definition) is 1. The molecule has 0 aromatic carbocycles. The van der Waals surface area contributed by atoms with E-state index in [2.05, 4.69) is 17.0 Å². The Kier molecular flexibility index (Phi) is 4.25. The predicted octanol–water partition coefficient (Wildman–Crippen LogP) is 1.88. The highest BCUT2D eigenvalue weighted by molar-refractivity contribution is 5.90. The van der Waals surface area contributed by atoms with Crippen LogP contribution in [0.3, 0.4) is 0 Å². The van der Waals surface area contributed by atoms with Crippen molar-refractivity contribution in [2.24, 2.45) is 17.8 Å². The van der Waals surface area contributed by atoms with Gasteiger partial charge >= 0.3 is 5.97 Å². The molecule has 2 fully saturated rings. The van der Waals surface area contributed by atoms with E-state index in [0.29, 0.717) is 12.5 Å². The average molecular weight is 253 g/mol. The van der Waals surface area contributed by atoms with Crippen LogP contribution in [0.2, 0.25) is 0 Å². The first-order valence-corrected chi connectivity index (χ1v) is 7.03. The Morgan fingerprint density at radius 2 is 1.83 bits per heavy atom. The topological polar surface area (TPSA) is 55.4 Å². The molecule has 0 aromatic rings. The van der Waals surface area contributed by atoms with Crippen molar-refractivity contribution < 1.29 is 14.3 Å². The Morgan fingerprint density at radius 1 is 1.17 bits per heavy atom. The van der Waals surface area contributed by atoms with Gasteiger partial charge in [-0.15, -0.1) is 0 Å². The molecule has 0 bridgehead atoms. The van der Waals surface area contributed by atoms with Gasteiger partial charge in [-0.1, -0.05) is 13.3 Å². The zero-order valence-electron chi connectivity index (χ0n) is 11.3. The van der Waals surface area contributed by atoms with Crippen LogP contribution in [0.4, 0.5) is 0 Å². The molecule has 0 spiro atoms. The lowest BCUT2D eigenvalue weighted by atomic mass is 9.84. The number of esters is 1. The third-order valence-corrected chi connectivity index (χ3v) is 4.40. The van der Waals surface area contributed by atoms with E-state index in [4.69, 9.17) is 0 Å². The molecular weight excluding hydrogens is 230 g/mol. The maximum absolute atomic E-state index is 11.9. The lowest BCUT2D eigenvalue weighted by molar-refractivity contribution is -0.143. The number of rotatable bonds is 4. The summed E-state index contributed by atoms with van der Waals surface area (Å²) in [5.41, 5.74) is 0. The highest BCUT2D eigenvalue weighted by Crippen LogP contribution is 2.40. The van der Waals surface area contributed by atoms with Crippen molar-refractivity contribution in [3.05, 3.63) is 0 Å². The van der Waals surface area contributed by atoms with E-state index in [1.54, 1.807) is 0 Å². The minimum atomic E-state index is -0.246. The smallest absolute Gasteiger partial charge is 0.309 e. The Labute approximate surface area is 108 Å². The summed E-state index contributed by atoms with van der Waals surface area (Å²) in [7, 11) is 1.38. The van der Waals surface area contributed by atoms with Gasteiger partial charge in [-0.2, -0.15) is 0 Å². The highest BCUT2D eigenvalue weighted by atomic mass is 16.5. The fourth-order valence-electron chi connectivity index (χ4n) is 2.92. The van der Waals surface area contributed by atoms with Crippen LogP contribution in [0.25, 0.3) is 0 Å². The summed E-state index contributed by atoms with van der Waals surface area (Å²) >= 11 is 0. The first-order valence-electron chi connectivity index (χ1n) is 7.03. The average Bonchev–Trinajstić information content (AvgIpc) is 3.19. The summed E-state index contributed by atoms with van der Waals surface area (Å²) in [5, 5.41) is 3.09. The van der Waals surface area contributed by atoms with Gasteiger partial charge in [0.1, 0.15) is 0 Å². The first-order chi connectivity index (χ1) is 8.65. The highest BCUT2D eigenvalue weighted by Gasteiger charge is 2.49. The van der Waals surface area contributed by atoms with Gasteiger partial charge in [0, 0.05) is 6.04 Å². The predicted molar refractivity (Wildman–Crippen MR) is 67.8 cm³/mol. The van der Waals surface area contributed by atoms with E-state index < -0.39 is 0 Å². The second-order valence-corrected chi connectivity index (χ2v) is 5.61. The molecule has 2 saturated carbocycles. The van der Waals surface area contributed by atoms with Crippen molar-refractivity contribution in [2.75, 3.05) is 7.11 Å². The lowest BCUT2D eigenvalue weighted by Crippen LogP contribution is -2.39. The van der Waals surface area contributed by atoms with E-state index in [-0.39, 0.29) is 23.7 Å². The minimum absolute atomic E-state index is 0.0466. The van der Waals surface area contributed by atoms with Gasteiger partial charge in [0.05, 0.1) is 18.9 Å². The number of methoxy groups -OCH3 is 1. The number of ether oxygens (including phenoxy) is 1. The zero-order chi connectivity index (χ0) is 13.1. The molecule has 0 aromatic heterocycles. The second-order valence-electron chi connectivity index (χ2n) is 5.61. The molecule has 2 atom stereocenters. The summed E-state index contributed by atoms with van der Waals surface area (Å²) in [6.07, 6.45) is 6.50. The Hall–Kier alpha value is -1.06. The molecule has 0 saturated heterocycles. The number of carbonyl (C=O) groups is 2. The van der Waals surface area contributed by atoms with Crippen molar-refractivity contribution >= 4 is 11.9 Å². The van der Waals surface area contributed by atoms with Crippen molar-refractivity contribution in [1.82, 2.24) is 5.32 Å². The van der Waals surface area contributed by atoms with E-state index in [1.807, 2.05) is 0 Å². The molecule has 0 unspecified atom stereocenters. The fourth-order valence-corrected chi connectivity index (χ4v) is 2.92. The summed E-state index contributed by atoms with van der Waals surface area (Å²) in [6, 6.07) is 0.319. The molecule has 0 aliphatic heterocycles. The first kappa shape index (κ1) is 13.4.